The summed E-state index contributed by atoms with van der Waals surface area (Å²) >= 11 is 0. The van der Waals surface area contributed by atoms with E-state index in [9.17, 15) is 14.4 Å². The predicted octanol–water partition coefficient (Wildman–Crippen LogP) is 2.32. The van der Waals surface area contributed by atoms with Gasteiger partial charge in [-0.1, -0.05) is 29.8 Å². The molecule has 1 fully saturated rings. The normalized spacial score (nSPS) is 18.6. The van der Waals surface area contributed by atoms with Crippen molar-refractivity contribution in [3.05, 3.63) is 51.7 Å². The van der Waals surface area contributed by atoms with Gasteiger partial charge in [-0.3, -0.25) is 14.3 Å². The Balaban J connectivity index is 1.67. The van der Waals surface area contributed by atoms with Gasteiger partial charge in [-0.2, -0.15) is 5.10 Å². The molecule has 32 heavy (non-hydrogen) atoms. The van der Waals surface area contributed by atoms with Crippen molar-refractivity contribution in [2.45, 2.75) is 65.3 Å². The number of hydrogen-bond donors (Lipinski definition) is 0. The standard InChI is InChI=1S/C23H31N5O4/c1-16-7-9-17(10-8-16)13-27-21(30)28-18(20(29)25-11-5-6-12-25)14-26(15-19(28)24-27)22(31)32-23(2,3)4/h7-10,18H,5-6,11-15H2,1-4H3. The minimum atomic E-state index is -0.802. The van der Waals surface area contributed by atoms with E-state index in [1.807, 2.05) is 31.2 Å². The molecule has 0 bridgehead atoms. The van der Waals surface area contributed by atoms with Crippen molar-refractivity contribution in [2.75, 3.05) is 19.6 Å². The van der Waals surface area contributed by atoms with E-state index in [1.54, 1.807) is 25.7 Å². The molecule has 172 valence electrons. The first-order chi connectivity index (χ1) is 15.1. The van der Waals surface area contributed by atoms with Gasteiger partial charge in [-0.25, -0.2) is 14.3 Å². The number of fused-ring (bicyclic) bond motifs is 1. The number of carbonyl (C=O) groups excluding carboxylic acids is 2. The molecule has 1 aromatic carbocycles. The maximum absolute atomic E-state index is 13.3. The maximum Gasteiger partial charge on any atom is 0.410 e. The Hall–Kier alpha value is -3.10. The van der Waals surface area contributed by atoms with Crippen LogP contribution in [0.3, 0.4) is 0 Å². The number of rotatable bonds is 3. The lowest BCUT2D eigenvalue weighted by Gasteiger charge is -2.35. The second kappa shape index (κ2) is 8.44. The Labute approximate surface area is 187 Å². The summed E-state index contributed by atoms with van der Waals surface area (Å²) in [6.45, 7) is 9.26. The van der Waals surface area contributed by atoms with Gasteiger partial charge >= 0.3 is 11.8 Å². The van der Waals surface area contributed by atoms with Gasteiger partial charge in [-0.05, 0) is 46.1 Å². The van der Waals surface area contributed by atoms with Gasteiger partial charge in [0.1, 0.15) is 11.6 Å². The molecule has 3 heterocycles. The van der Waals surface area contributed by atoms with Crippen molar-refractivity contribution in [2.24, 2.45) is 0 Å². The van der Waals surface area contributed by atoms with Gasteiger partial charge in [0.15, 0.2) is 5.82 Å². The zero-order valence-corrected chi connectivity index (χ0v) is 19.2. The summed E-state index contributed by atoms with van der Waals surface area (Å²) in [4.78, 5) is 42.6. The first kappa shape index (κ1) is 22.1. The van der Waals surface area contributed by atoms with E-state index in [-0.39, 0.29) is 24.7 Å². The smallest absolute Gasteiger partial charge is 0.410 e. The lowest BCUT2D eigenvalue weighted by atomic mass is 10.1. The van der Waals surface area contributed by atoms with Gasteiger partial charge in [-0.15, -0.1) is 0 Å². The largest absolute Gasteiger partial charge is 0.444 e. The molecular formula is C23H31N5O4. The van der Waals surface area contributed by atoms with Crippen LogP contribution in [0.2, 0.25) is 0 Å². The summed E-state index contributed by atoms with van der Waals surface area (Å²) in [5, 5.41) is 4.50. The molecule has 0 saturated carbocycles. The van der Waals surface area contributed by atoms with Crippen LogP contribution in [-0.2, 0) is 22.6 Å². The van der Waals surface area contributed by atoms with Crippen LogP contribution in [0.1, 0.15) is 56.6 Å². The first-order valence-corrected chi connectivity index (χ1v) is 11.1. The fourth-order valence-corrected chi connectivity index (χ4v) is 4.18. The summed E-state index contributed by atoms with van der Waals surface area (Å²) < 4.78 is 8.38. The van der Waals surface area contributed by atoms with Crippen LogP contribution in [0, 0.1) is 6.92 Å². The lowest BCUT2D eigenvalue weighted by Crippen LogP contribution is -2.50. The molecule has 2 aromatic rings. The molecule has 0 aliphatic carbocycles. The van der Waals surface area contributed by atoms with E-state index in [1.165, 1.54) is 14.1 Å². The lowest BCUT2D eigenvalue weighted by molar-refractivity contribution is -0.135. The molecule has 1 aromatic heterocycles. The Kier molecular flexibility index (Phi) is 5.83. The Morgan fingerprint density at radius 2 is 1.75 bits per heavy atom. The molecule has 2 aliphatic rings. The van der Waals surface area contributed by atoms with Crippen molar-refractivity contribution in [1.82, 2.24) is 24.1 Å². The number of likely N-dealkylation sites (tertiary alicyclic amines) is 1. The van der Waals surface area contributed by atoms with Crippen LogP contribution in [-0.4, -0.2) is 61.4 Å². The number of aryl methyl sites for hydroxylation is 1. The molecular weight excluding hydrogens is 410 g/mol. The molecule has 0 radical (unpaired) electrons. The van der Waals surface area contributed by atoms with E-state index in [0.29, 0.717) is 25.5 Å². The number of nitrogens with zero attached hydrogens (tertiary/aromatic N) is 5. The molecule has 2 aliphatic heterocycles. The Bertz CT molecular complexity index is 1060. The zero-order valence-electron chi connectivity index (χ0n) is 19.2. The average molecular weight is 442 g/mol. The fraction of sp³-hybridized carbons (Fsp3) is 0.565. The second-order valence-electron chi connectivity index (χ2n) is 9.62. The van der Waals surface area contributed by atoms with Gasteiger partial charge in [0.05, 0.1) is 19.6 Å². The third-order valence-electron chi connectivity index (χ3n) is 5.79. The summed E-state index contributed by atoms with van der Waals surface area (Å²) in [6.07, 6.45) is 1.38. The van der Waals surface area contributed by atoms with Crippen molar-refractivity contribution < 1.29 is 14.3 Å². The molecule has 1 atom stereocenters. The highest BCUT2D eigenvalue weighted by atomic mass is 16.6. The zero-order chi connectivity index (χ0) is 23.0. The van der Waals surface area contributed by atoms with Crippen molar-refractivity contribution in [3.8, 4) is 0 Å². The Morgan fingerprint density at radius 3 is 2.38 bits per heavy atom. The molecule has 9 heteroatoms. The third kappa shape index (κ3) is 4.56. The highest BCUT2D eigenvalue weighted by Crippen LogP contribution is 2.24. The van der Waals surface area contributed by atoms with Crippen LogP contribution in [0.4, 0.5) is 4.79 Å². The summed E-state index contributed by atoms with van der Waals surface area (Å²) in [7, 11) is 0. The van der Waals surface area contributed by atoms with E-state index in [4.69, 9.17) is 4.74 Å². The van der Waals surface area contributed by atoms with Crippen LogP contribution in [0.5, 0.6) is 0 Å². The van der Waals surface area contributed by atoms with Crippen molar-refractivity contribution in [1.29, 1.82) is 0 Å². The van der Waals surface area contributed by atoms with Crippen LogP contribution >= 0.6 is 0 Å². The number of benzene rings is 1. The summed E-state index contributed by atoms with van der Waals surface area (Å²) in [5.74, 6) is 0.255. The minimum Gasteiger partial charge on any atom is -0.444 e. The number of ether oxygens (including phenoxy) is 1. The van der Waals surface area contributed by atoms with Crippen LogP contribution in [0.25, 0.3) is 0 Å². The predicted molar refractivity (Wildman–Crippen MR) is 118 cm³/mol. The van der Waals surface area contributed by atoms with Gasteiger partial charge < -0.3 is 9.64 Å². The van der Waals surface area contributed by atoms with Gasteiger partial charge in [0.25, 0.3) is 0 Å². The monoisotopic (exact) mass is 441 g/mol. The highest BCUT2D eigenvalue weighted by molar-refractivity contribution is 5.82. The summed E-state index contributed by atoms with van der Waals surface area (Å²) in [6, 6.07) is 7.09. The number of aromatic nitrogens is 3. The SMILES string of the molecule is Cc1ccc(Cn2nc3n(c2=O)C(C(=O)N2CCCC2)CN(C(=O)OC(C)(C)C)C3)cc1. The average Bonchev–Trinajstić information content (AvgIpc) is 3.36. The molecule has 0 spiro atoms. The molecule has 4 rings (SSSR count). The van der Waals surface area contributed by atoms with Gasteiger partial charge in [0, 0.05) is 13.1 Å². The Morgan fingerprint density at radius 1 is 1.09 bits per heavy atom. The topological polar surface area (TPSA) is 89.7 Å². The number of amides is 2. The quantitative estimate of drug-likeness (QED) is 0.729. The van der Waals surface area contributed by atoms with E-state index < -0.39 is 17.7 Å². The van der Waals surface area contributed by atoms with Crippen LogP contribution in [0.15, 0.2) is 29.1 Å². The fourth-order valence-electron chi connectivity index (χ4n) is 4.18. The third-order valence-corrected chi connectivity index (χ3v) is 5.79. The molecule has 1 unspecified atom stereocenters. The highest BCUT2D eigenvalue weighted by Gasteiger charge is 2.39. The second-order valence-corrected chi connectivity index (χ2v) is 9.62. The van der Waals surface area contributed by atoms with E-state index in [2.05, 4.69) is 5.10 Å². The number of carbonyl (C=O) groups is 2. The minimum absolute atomic E-state index is 0.0907. The first-order valence-electron chi connectivity index (χ1n) is 11.1. The van der Waals surface area contributed by atoms with Gasteiger partial charge in [0.2, 0.25) is 5.91 Å². The number of hydrogen-bond acceptors (Lipinski definition) is 5. The van der Waals surface area contributed by atoms with Crippen molar-refractivity contribution >= 4 is 12.0 Å². The van der Waals surface area contributed by atoms with Crippen LogP contribution < -0.4 is 5.69 Å². The summed E-state index contributed by atoms with van der Waals surface area (Å²) in [5.41, 5.74) is 1.09. The van der Waals surface area contributed by atoms with E-state index in [0.717, 1.165) is 24.0 Å². The van der Waals surface area contributed by atoms with E-state index >= 15 is 0 Å². The van der Waals surface area contributed by atoms with Crippen molar-refractivity contribution in [3.63, 3.8) is 0 Å². The maximum atomic E-state index is 13.3. The molecule has 0 N–H and O–H groups in total. The molecule has 9 nitrogen and oxygen atoms in total. The molecule has 2 amide bonds. The molecule has 1 saturated heterocycles.